The van der Waals surface area contributed by atoms with Gasteiger partial charge in [0, 0.05) is 36.8 Å². The van der Waals surface area contributed by atoms with Crippen molar-refractivity contribution < 1.29 is 14.0 Å². The summed E-state index contributed by atoms with van der Waals surface area (Å²) in [6.07, 6.45) is 3.90. The lowest BCUT2D eigenvalue weighted by molar-refractivity contribution is 0.0734. The molecule has 2 aromatic heterocycles. The van der Waals surface area contributed by atoms with Crippen LogP contribution in [-0.2, 0) is 19.5 Å². The van der Waals surface area contributed by atoms with E-state index in [9.17, 15) is 9.59 Å². The molecule has 0 saturated carbocycles. The molecule has 1 aliphatic heterocycles. The van der Waals surface area contributed by atoms with Gasteiger partial charge in [-0.05, 0) is 65.6 Å². The smallest absolute Gasteiger partial charge is 0.255 e. The number of nitrogens with zero attached hydrogens (tertiary/aromatic N) is 5. The van der Waals surface area contributed by atoms with Crippen LogP contribution >= 0.6 is 0 Å². The molecule has 6 rings (SSSR count). The van der Waals surface area contributed by atoms with E-state index in [1.54, 1.807) is 36.1 Å². The van der Waals surface area contributed by atoms with E-state index >= 15 is 0 Å². The SMILES string of the molecule is Cc1nc2ccc(C(=O)N3CCc4ccc(C(=O)Nc5ccc(Cn6cncn6)cc5)cc4C3)cc2o1. The van der Waals surface area contributed by atoms with E-state index < -0.39 is 0 Å². The lowest BCUT2D eigenvalue weighted by atomic mass is 9.96. The number of carbonyl (C=O) groups excluding carboxylic acids is 2. The van der Waals surface area contributed by atoms with Gasteiger partial charge in [0.05, 0.1) is 6.54 Å². The normalized spacial score (nSPS) is 12.9. The van der Waals surface area contributed by atoms with Crippen molar-refractivity contribution in [1.82, 2.24) is 24.6 Å². The van der Waals surface area contributed by atoms with Crippen molar-refractivity contribution in [2.45, 2.75) is 26.4 Å². The number of nitrogens with one attached hydrogen (secondary N) is 1. The fourth-order valence-corrected chi connectivity index (χ4v) is 4.63. The zero-order chi connectivity index (χ0) is 25.4. The predicted molar refractivity (Wildman–Crippen MR) is 137 cm³/mol. The van der Waals surface area contributed by atoms with Gasteiger partial charge in [0.1, 0.15) is 18.2 Å². The highest BCUT2D eigenvalue weighted by molar-refractivity contribution is 6.04. The van der Waals surface area contributed by atoms with Crippen LogP contribution in [0.25, 0.3) is 11.1 Å². The quantitative estimate of drug-likeness (QED) is 0.394. The molecule has 5 aromatic rings. The fraction of sp³-hybridized carbons (Fsp3) is 0.179. The van der Waals surface area contributed by atoms with Crippen LogP contribution in [0.5, 0.6) is 0 Å². The van der Waals surface area contributed by atoms with Gasteiger partial charge in [-0.2, -0.15) is 5.10 Å². The number of benzene rings is 3. The minimum atomic E-state index is -0.193. The third-order valence-electron chi connectivity index (χ3n) is 6.53. The van der Waals surface area contributed by atoms with Gasteiger partial charge < -0.3 is 14.6 Å². The van der Waals surface area contributed by atoms with Gasteiger partial charge in [-0.3, -0.25) is 9.59 Å². The summed E-state index contributed by atoms with van der Waals surface area (Å²) < 4.78 is 7.33. The summed E-state index contributed by atoms with van der Waals surface area (Å²) in [6.45, 7) is 3.46. The number of hydrogen-bond acceptors (Lipinski definition) is 6. The molecule has 1 N–H and O–H groups in total. The summed E-state index contributed by atoms with van der Waals surface area (Å²) >= 11 is 0. The van der Waals surface area contributed by atoms with Gasteiger partial charge in [-0.1, -0.05) is 18.2 Å². The van der Waals surface area contributed by atoms with Crippen LogP contribution in [0.2, 0.25) is 0 Å². The van der Waals surface area contributed by atoms with E-state index in [1.165, 1.54) is 6.33 Å². The maximum atomic E-state index is 13.2. The van der Waals surface area contributed by atoms with Crippen molar-refractivity contribution in [3.8, 4) is 0 Å². The molecule has 3 aromatic carbocycles. The monoisotopic (exact) mass is 492 g/mol. The van der Waals surface area contributed by atoms with Gasteiger partial charge >= 0.3 is 0 Å². The van der Waals surface area contributed by atoms with E-state index in [0.717, 1.165) is 28.6 Å². The van der Waals surface area contributed by atoms with Crippen LogP contribution in [-0.4, -0.2) is 43.0 Å². The zero-order valence-electron chi connectivity index (χ0n) is 20.2. The molecule has 2 amide bonds. The number of amides is 2. The highest BCUT2D eigenvalue weighted by Gasteiger charge is 2.23. The molecule has 0 aliphatic carbocycles. The number of aromatic nitrogens is 4. The number of rotatable bonds is 5. The Morgan fingerprint density at radius 1 is 1.00 bits per heavy atom. The van der Waals surface area contributed by atoms with Crippen molar-refractivity contribution in [3.63, 3.8) is 0 Å². The number of anilines is 1. The van der Waals surface area contributed by atoms with Crippen LogP contribution in [0, 0.1) is 6.92 Å². The van der Waals surface area contributed by atoms with Gasteiger partial charge in [0.2, 0.25) is 0 Å². The molecule has 184 valence electrons. The Labute approximate surface area is 212 Å². The van der Waals surface area contributed by atoms with Crippen LogP contribution in [0.1, 0.15) is 43.3 Å². The fourth-order valence-electron chi connectivity index (χ4n) is 4.63. The largest absolute Gasteiger partial charge is 0.441 e. The van der Waals surface area contributed by atoms with Crippen molar-refractivity contribution in [2.24, 2.45) is 0 Å². The third-order valence-corrected chi connectivity index (χ3v) is 6.53. The van der Waals surface area contributed by atoms with Crippen molar-refractivity contribution >= 4 is 28.6 Å². The van der Waals surface area contributed by atoms with Gasteiger partial charge in [-0.15, -0.1) is 0 Å². The highest BCUT2D eigenvalue weighted by Crippen LogP contribution is 2.24. The first kappa shape index (κ1) is 22.7. The van der Waals surface area contributed by atoms with Crippen molar-refractivity contribution in [3.05, 3.63) is 107 Å². The minimum absolute atomic E-state index is 0.0672. The Kier molecular flexibility index (Phi) is 5.72. The molecule has 0 saturated heterocycles. The topological polar surface area (TPSA) is 106 Å². The maximum Gasteiger partial charge on any atom is 0.255 e. The van der Waals surface area contributed by atoms with Gasteiger partial charge in [0.15, 0.2) is 11.5 Å². The van der Waals surface area contributed by atoms with E-state index in [-0.39, 0.29) is 11.8 Å². The van der Waals surface area contributed by atoms with Gasteiger partial charge in [-0.25, -0.2) is 14.6 Å². The van der Waals surface area contributed by atoms with Gasteiger partial charge in [0.25, 0.3) is 11.8 Å². The first-order chi connectivity index (χ1) is 18.0. The molecule has 37 heavy (non-hydrogen) atoms. The summed E-state index contributed by atoms with van der Waals surface area (Å²) in [5.74, 6) is 0.309. The summed E-state index contributed by atoms with van der Waals surface area (Å²) in [6, 6.07) is 18.7. The van der Waals surface area contributed by atoms with E-state index in [2.05, 4.69) is 20.4 Å². The molecule has 0 bridgehead atoms. The Hall–Kier alpha value is -4.79. The summed E-state index contributed by atoms with van der Waals surface area (Å²) in [4.78, 5) is 36.2. The first-order valence-corrected chi connectivity index (χ1v) is 12.0. The molecule has 3 heterocycles. The Bertz CT molecular complexity index is 1610. The average molecular weight is 493 g/mol. The molecule has 0 spiro atoms. The number of aryl methyl sites for hydroxylation is 1. The van der Waals surface area contributed by atoms with Crippen molar-refractivity contribution in [1.29, 1.82) is 0 Å². The lowest BCUT2D eigenvalue weighted by Gasteiger charge is -2.29. The predicted octanol–water partition coefficient (Wildman–Crippen LogP) is 4.23. The summed E-state index contributed by atoms with van der Waals surface area (Å²) in [7, 11) is 0. The maximum absolute atomic E-state index is 13.2. The van der Waals surface area contributed by atoms with E-state index in [4.69, 9.17) is 4.42 Å². The van der Waals surface area contributed by atoms with Crippen LogP contribution in [0.4, 0.5) is 5.69 Å². The first-order valence-electron chi connectivity index (χ1n) is 12.0. The molecular weight excluding hydrogens is 468 g/mol. The molecule has 9 heteroatoms. The van der Waals surface area contributed by atoms with Crippen LogP contribution in [0.3, 0.4) is 0 Å². The number of hydrogen-bond donors (Lipinski definition) is 1. The van der Waals surface area contributed by atoms with Crippen LogP contribution < -0.4 is 5.32 Å². The zero-order valence-corrected chi connectivity index (χ0v) is 20.2. The second-order valence-corrected chi connectivity index (χ2v) is 9.12. The average Bonchev–Trinajstić information content (AvgIpc) is 3.56. The molecule has 9 nitrogen and oxygen atoms in total. The van der Waals surface area contributed by atoms with Crippen LogP contribution in [0.15, 0.2) is 77.7 Å². The van der Waals surface area contributed by atoms with E-state index in [0.29, 0.717) is 47.9 Å². The standard InChI is InChI=1S/C28H24N6O3/c1-18-31-25-9-6-22(13-26(25)37-18)28(36)33-11-10-20-4-5-21(12-23(20)15-33)27(35)32-24-7-2-19(3-8-24)14-34-17-29-16-30-34/h2-9,12-13,16-17H,10-11,14-15H2,1H3,(H,32,35). The minimum Gasteiger partial charge on any atom is -0.441 e. The molecule has 0 unspecified atom stereocenters. The number of fused-ring (bicyclic) bond motifs is 2. The second-order valence-electron chi connectivity index (χ2n) is 9.12. The Morgan fingerprint density at radius 2 is 1.84 bits per heavy atom. The Morgan fingerprint density at radius 3 is 2.65 bits per heavy atom. The molecule has 0 atom stereocenters. The number of carbonyl (C=O) groups is 2. The third kappa shape index (κ3) is 4.71. The number of oxazole rings is 1. The molecular formula is C28H24N6O3. The summed E-state index contributed by atoms with van der Waals surface area (Å²) in [5, 5.41) is 7.07. The lowest BCUT2D eigenvalue weighted by Crippen LogP contribution is -2.36. The van der Waals surface area contributed by atoms with E-state index in [1.807, 2.05) is 47.4 Å². The molecule has 0 fully saturated rings. The Balaban J connectivity index is 1.14. The molecule has 1 aliphatic rings. The molecule has 0 radical (unpaired) electrons. The second kappa shape index (κ2) is 9.34. The van der Waals surface area contributed by atoms with Crippen molar-refractivity contribution in [2.75, 3.05) is 11.9 Å². The summed E-state index contributed by atoms with van der Waals surface area (Å²) in [5.41, 5.74) is 6.35. The highest BCUT2D eigenvalue weighted by atomic mass is 16.3.